The third-order valence-corrected chi connectivity index (χ3v) is 7.04. The predicted molar refractivity (Wildman–Crippen MR) is 109 cm³/mol. The minimum atomic E-state index is 0.519. The van der Waals surface area contributed by atoms with Crippen LogP contribution in [0.2, 0.25) is 0 Å². The highest BCUT2D eigenvalue weighted by molar-refractivity contribution is 7.18. The molecule has 3 saturated heterocycles. The van der Waals surface area contributed by atoms with Crippen LogP contribution in [0, 0.1) is 12.8 Å². The third kappa shape index (κ3) is 2.79. The van der Waals surface area contributed by atoms with E-state index in [0.29, 0.717) is 12.1 Å². The van der Waals surface area contributed by atoms with E-state index in [1.165, 1.54) is 36.2 Å². The maximum absolute atomic E-state index is 4.71. The molecule has 1 aromatic carbocycles. The van der Waals surface area contributed by atoms with Crippen LogP contribution in [-0.2, 0) is 0 Å². The SMILES string of the molecule is Cc1nc2cc(-c3ccc(NC4C5CCN(CC5)C4C)nc3)ccc2s1. The number of hydrogen-bond acceptors (Lipinski definition) is 5. The second kappa shape index (κ2) is 6.32. The van der Waals surface area contributed by atoms with Gasteiger partial charge in [-0.15, -0.1) is 11.3 Å². The molecule has 0 saturated carbocycles. The highest BCUT2D eigenvalue weighted by Crippen LogP contribution is 2.34. The van der Waals surface area contributed by atoms with Crippen molar-refractivity contribution in [2.24, 2.45) is 5.92 Å². The van der Waals surface area contributed by atoms with Crippen molar-refractivity contribution in [2.45, 2.75) is 38.8 Å². The molecule has 0 radical (unpaired) electrons. The Bertz CT molecular complexity index is 923. The van der Waals surface area contributed by atoms with Crippen LogP contribution in [-0.4, -0.2) is 40.0 Å². The minimum Gasteiger partial charge on any atom is -0.365 e. The Morgan fingerprint density at radius 2 is 1.92 bits per heavy atom. The van der Waals surface area contributed by atoms with Gasteiger partial charge in [0.15, 0.2) is 0 Å². The lowest BCUT2D eigenvalue weighted by atomic mass is 9.79. The van der Waals surface area contributed by atoms with Crippen LogP contribution in [0.25, 0.3) is 21.3 Å². The summed E-state index contributed by atoms with van der Waals surface area (Å²) < 4.78 is 1.24. The molecule has 3 fully saturated rings. The van der Waals surface area contributed by atoms with E-state index in [-0.39, 0.29) is 0 Å². The summed E-state index contributed by atoms with van der Waals surface area (Å²) >= 11 is 1.74. The van der Waals surface area contributed by atoms with Crippen LogP contribution >= 0.6 is 11.3 Å². The second-order valence-electron chi connectivity index (χ2n) is 7.63. The van der Waals surface area contributed by atoms with Crippen LogP contribution in [0.1, 0.15) is 24.8 Å². The number of anilines is 1. The molecule has 5 heterocycles. The highest BCUT2D eigenvalue weighted by atomic mass is 32.1. The van der Waals surface area contributed by atoms with Gasteiger partial charge in [0.1, 0.15) is 5.82 Å². The zero-order valence-corrected chi connectivity index (χ0v) is 16.1. The van der Waals surface area contributed by atoms with Crippen LogP contribution < -0.4 is 5.32 Å². The number of piperidine rings is 3. The van der Waals surface area contributed by atoms with Gasteiger partial charge in [-0.25, -0.2) is 9.97 Å². The summed E-state index contributed by atoms with van der Waals surface area (Å²) in [7, 11) is 0. The van der Waals surface area contributed by atoms with Crippen LogP contribution in [0.4, 0.5) is 5.82 Å². The summed E-state index contributed by atoms with van der Waals surface area (Å²) in [4.78, 5) is 11.9. The van der Waals surface area contributed by atoms with Gasteiger partial charge < -0.3 is 5.32 Å². The normalized spacial score (nSPS) is 27.8. The van der Waals surface area contributed by atoms with Crippen molar-refractivity contribution in [3.05, 3.63) is 41.5 Å². The Kier molecular flexibility index (Phi) is 3.94. The average molecular weight is 365 g/mol. The van der Waals surface area contributed by atoms with Gasteiger partial charge >= 0.3 is 0 Å². The van der Waals surface area contributed by atoms with Gasteiger partial charge in [0, 0.05) is 23.8 Å². The van der Waals surface area contributed by atoms with Crippen LogP contribution in [0.3, 0.4) is 0 Å². The molecule has 2 bridgehead atoms. The van der Waals surface area contributed by atoms with Crippen molar-refractivity contribution < 1.29 is 0 Å². The molecule has 1 N–H and O–H groups in total. The molecule has 6 rings (SSSR count). The fourth-order valence-corrected chi connectivity index (χ4v) is 5.40. The number of benzene rings is 1. The van der Waals surface area contributed by atoms with Gasteiger partial charge in [0.25, 0.3) is 0 Å². The predicted octanol–water partition coefficient (Wildman–Crippen LogP) is 4.56. The van der Waals surface area contributed by atoms with Crippen molar-refractivity contribution in [2.75, 3.05) is 18.4 Å². The average Bonchev–Trinajstić information content (AvgIpc) is 3.05. The van der Waals surface area contributed by atoms with Crippen molar-refractivity contribution in [1.82, 2.24) is 14.9 Å². The number of aryl methyl sites for hydroxylation is 1. The highest BCUT2D eigenvalue weighted by Gasteiger charge is 2.39. The molecule has 2 aromatic heterocycles. The van der Waals surface area contributed by atoms with E-state index < -0.39 is 0 Å². The lowest BCUT2D eigenvalue weighted by Crippen LogP contribution is -2.59. The largest absolute Gasteiger partial charge is 0.365 e. The quantitative estimate of drug-likeness (QED) is 0.740. The zero-order valence-electron chi connectivity index (χ0n) is 15.3. The van der Waals surface area contributed by atoms with Gasteiger partial charge in [-0.3, -0.25) is 4.90 Å². The molecular weight excluding hydrogens is 340 g/mol. The number of fused-ring (bicyclic) bond motifs is 4. The summed E-state index contributed by atoms with van der Waals surface area (Å²) in [6, 6.07) is 11.9. The van der Waals surface area contributed by atoms with E-state index in [1.807, 2.05) is 6.20 Å². The van der Waals surface area contributed by atoms with Gasteiger partial charge in [-0.1, -0.05) is 6.07 Å². The molecule has 26 heavy (non-hydrogen) atoms. The van der Waals surface area contributed by atoms with E-state index >= 15 is 0 Å². The molecule has 134 valence electrons. The summed E-state index contributed by atoms with van der Waals surface area (Å²) in [5.41, 5.74) is 3.40. The fourth-order valence-electron chi connectivity index (χ4n) is 4.59. The van der Waals surface area contributed by atoms with Crippen molar-refractivity contribution in [1.29, 1.82) is 0 Å². The van der Waals surface area contributed by atoms with Crippen molar-refractivity contribution >= 4 is 27.4 Å². The first kappa shape index (κ1) is 16.2. The first-order chi connectivity index (χ1) is 12.7. The van der Waals surface area contributed by atoms with Crippen molar-refractivity contribution in [3.8, 4) is 11.1 Å². The Hall–Kier alpha value is -1.98. The van der Waals surface area contributed by atoms with Crippen LogP contribution in [0.5, 0.6) is 0 Å². The summed E-state index contributed by atoms with van der Waals surface area (Å²) in [6.07, 6.45) is 4.61. The van der Waals surface area contributed by atoms with Gasteiger partial charge in [-0.2, -0.15) is 0 Å². The topological polar surface area (TPSA) is 41.1 Å². The first-order valence-corrected chi connectivity index (χ1v) is 10.3. The maximum Gasteiger partial charge on any atom is 0.126 e. The zero-order chi connectivity index (χ0) is 17.7. The van der Waals surface area contributed by atoms with E-state index in [2.05, 4.69) is 59.4 Å². The molecule has 2 unspecified atom stereocenters. The molecule has 3 aliphatic rings. The standard InChI is InChI=1S/C21H24N4S/c1-13-21(15-7-9-25(13)10-8-15)24-20-6-4-17(12-22-20)16-3-5-19-18(11-16)23-14(2)26-19/h3-6,11-13,15,21H,7-10H2,1-2H3,(H,22,24). The number of nitrogens with zero attached hydrogens (tertiary/aromatic N) is 3. The van der Waals surface area contributed by atoms with Gasteiger partial charge in [-0.05, 0) is 75.5 Å². The molecule has 0 spiro atoms. The van der Waals surface area contributed by atoms with Gasteiger partial charge in [0.2, 0.25) is 0 Å². The lowest BCUT2D eigenvalue weighted by Gasteiger charge is -2.50. The van der Waals surface area contributed by atoms with E-state index in [1.54, 1.807) is 11.3 Å². The third-order valence-electron chi connectivity index (χ3n) is 6.08. The molecule has 2 atom stereocenters. The molecular formula is C21H24N4S. The summed E-state index contributed by atoms with van der Waals surface area (Å²) in [5, 5.41) is 4.82. The lowest BCUT2D eigenvalue weighted by molar-refractivity contribution is 0.0457. The van der Waals surface area contributed by atoms with E-state index in [0.717, 1.165) is 27.8 Å². The summed E-state index contributed by atoms with van der Waals surface area (Å²) in [6.45, 7) is 6.92. The number of aromatic nitrogens is 2. The fraction of sp³-hybridized carbons (Fsp3) is 0.429. The van der Waals surface area contributed by atoms with E-state index in [4.69, 9.17) is 4.98 Å². The molecule has 4 nitrogen and oxygen atoms in total. The molecule has 3 aromatic rings. The smallest absolute Gasteiger partial charge is 0.126 e. The number of thiazole rings is 1. The Balaban J connectivity index is 1.36. The Labute approximate surface area is 158 Å². The van der Waals surface area contributed by atoms with Crippen LogP contribution in [0.15, 0.2) is 36.5 Å². The maximum atomic E-state index is 4.71. The number of nitrogens with one attached hydrogen (secondary N) is 1. The first-order valence-electron chi connectivity index (χ1n) is 9.51. The molecule has 0 amide bonds. The van der Waals surface area contributed by atoms with Gasteiger partial charge in [0.05, 0.1) is 15.2 Å². The minimum absolute atomic E-state index is 0.519. The second-order valence-corrected chi connectivity index (χ2v) is 8.87. The number of hydrogen-bond donors (Lipinski definition) is 1. The van der Waals surface area contributed by atoms with E-state index in [9.17, 15) is 0 Å². The number of pyridine rings is 1. The number of rotatable bonds is 3. The molecule has 5 heteroatoms. The van der Waals surface area contributed by atoms with Crippen molar-refractivity contribution in [3.63, 3.8) is 0 Å². The monoisotopic (exact) mass is 364 g/mol. The Morgan fingerprint density at radius 3 is 2.65 bits per heavy atom. The molecule has 3 aliphatic heterocycles. The Morgan fingerprint density at radius 1 is 1.12 bits per heavy atom. The summed E-state index contributed by atoms with van der Waals surface area (Å²) in [5.74, 6) is 1.77. The molecule has 0 aliphatic carbocycles.